The molecule has 0 unspecified atom stereocenters. The van der Waals surface area contributed by atoms with Crippen LogP contribution in [-0.4, -0.2) is 43.0 Å². The summed E-state index contributed by atoms with van der Waals surface area (Å²) in [5.74, 6) is -1.03. The van der Waals surface area contributed by atoms with E-state index >= 15 is 0 Å². The second kappa shape index (κ2) is 5.74. The Morgan fingerprint density at radius 2 is 2.18 bits per heavy atom. The summed E-state index contributed by atoms with van der Waals surface area (Å²) in [7, 11) is -2.98. The van der Waals surface area contributed by atoms with Gasteiger partial charge >= 0.3 is 5.97 Å². The zero-order valence-electron chi connectivity index (χ0n) is 9.38. The van der Waals surface area contributed by atoms with Gasteiger partial charge in [0.2, 0.25) is 0 Å². The fourth-order valence-electron chi connectivity index (χ4n) is 1.17. The van der Waals surface area contributed by atoms with E-state index in [0.717, 1.165) is 6.26 Å². The fourth-order valence-corrected chi connectivity index (χ4v) is 1.69. The number of hydrogen-bond acceptors (Lipinski definition) is 5. The van der Waals surface area contributed by atoms with Crippen LogP contribution in [0.2, 0.25) is 0 Å². The van der Waals surface area contributed by atoms with Crippen molar-refractivity contribution in [1.82, 2.24) is 10.3 Å². The Labute approximate surface area is 99.6 Å². The largest absolute Gasteiger partial charge is 0.477 e. The Balaban J connectivity index is 2.47. The summed E-state index contributed by atoms with van der Waals surface area (Å²) >= 11 is 0. The molecule has 1 aromatic heterocycles. The first-order chi connectivity index (χ1) is 7.88. The van der Waals surface area contributed by atoms with Gasteiger partial charge in [-0.05, 0) is 12.1 Å². The molecule has 0 bridgehead atoms. The molecule has 0 aromatic carbocycles. The molecule has 0 aliphatic rings. The van der Waals surface area contributed by atoms with Gasteiger partial charge in [0.15, 0.2) is 0 Å². The van der Waals surface area contributed by atoms with Crippen LogP contribution in [0.5, 0.6) is 0 Å². The van der Waals surface area contributed by atoms with Crippen molar-refractivity contribution in [2.75, 3.05) is 18.6 Å². The molecule has 2 N–H and O–H groups in total. The average Bonchev–Trinajstić information content (AvgIpc) is 2.23. The van der Waals surface area contributed by atoms with Gasteiger partial charge in [-0.15, -0.1) is 0 Å². The topological polar surface area (TPSA) is 96.4 Å². The average molecular weight is 258 g/mol. The van der Waals surface area contributed by atoms with Crippen molar-refractivity contribution in [2.45, 2.75) is 6.54 Å². The number of pyridine rings is 1. The summed E-state index contributed by atoms with van der Waals surface area (Å²) < 4.78 is 21.7. The van der Waals surface area contributed by atoms with Gasteiger partial charge in [0.1, 0.15) is 15.5 Å². The zero-order chi connectivity index (χ0) is 12.9. The van der Waals surface area contributed by atoms with Crippen LogP contribution in [0.4, 0.5) is 0 Å². The number of rotatable bonds is 6. The van der Waals surface area contributed by atoms with E-state index in [2.05, 4.69) is 10.3 Å². The van der Waals surface area contributed by atoms with Crippen LogP contribution >= 0.6 is 0 Å². The number of nitrogens with one attached hydrogen (secondary N) is 1. The summed E-state index contributed by atoms with van der Waals surface area (Å²) in [5.41, 5.74) is 0.547. The molecule has 0 radical (unpaired) electrons. The molecule has 0 aliphatic carbocycles. The molecule has 0 spiro atoms. The predicted octanol–water partition coefficient (Wildman–Crippen LogP) is -0.0860. The molecule has 1 heterocycles. The Morgan fingerprint density at radius 3 is 2.76 bits per heavy atom. The van der Waals surface area contributed by atoms with Crippen LogP contribution in [-0.2, 0) is 16.4 Å². The molecule has 0 saturated carbocycles. The maximum atomic E-state index is 10.9. The first kappa shape index (κ1) is 13.6. The van der Waals surface area contributed by atoms with E-state index in [-0.39, 0.29) is 11.4 Å². The number of aromatic carboxylic acids is 1. The predicted molar refractivity (Wildman–Crippen MR) is 62.6 cm³/mol. The molecule has 0 saturated heterocycles. The van der Waals surface area contributed by atoms with E-state index in [1.807, 2.05) is 0 Å². The zero-order valence-corrected chi connectivity index (χ0v) is 10.2. The molecule has 0 amide bonds. The molecule has 0 aliphatic heterocycles. The van der Waals surface area contributed by atoms with Crippen molar-refractivity contribution in [3.05, 3.63) is 29.6 Å². The number of carboxylic acid groups (broad SMARTS) is 1. The second-order valence-electron chi connectivity index (χ2n) is 3.63. The Kier molecular flexibility index (Phi) is 4.59. The van der Waals surface area contributed by atoms with E-state index in [1.165, 1.54) is 6.07 Å². The smallest absolute Gasteiger partial charge is 0.354 e. The first-order valence-electron chi connectivity index (χ1n) is 4.96. The van der Waals surface area contributed by atoms with E-state index in [9.17, 15) is 13.2 Å². The van der Waals surface area contributed by atoms with Gasteiger partial charge in [0, 0.05) is 19.3 Å². The highest BCUT2D eigenvalue weighted by Crippen LogP contribution is 1.99. The number of hydrogen-bond donors (Lipinski definition) is 2. The van der Waals surface area contributed by atoms with Crippen molar-refractivity contribution in [1.29, 1.82) is 0 Å². The molecule has 0 atom stereocenters. The van der Waals surface area contributed by atoms with Crippen LogP contribution in [0.3, 0.4) is 0 Å². The molecule has 17 heavy (non-hydrogen) atoms. The minimum atomic E-state index is -2.98. The van der Waals surface area contributed by atoms with Gasteiger partial charge in [-0.2, -0.15) is 0 Å². The van der Waals surface area contributed by atoms with Gasteiger partial charge in [-0.1, -0.05) is 6.07 Å². The summed E-state index contributed by atoms with van der Waals surface area (Å²) in [6, 6.07) is 4.69. The lowest BCUT2D eigenvalue weighted by molar-refractivity contribution is 0.0690. The number of sulfone groups is 1. The molecular formula is C10H14N2O4S. The maximum Gasteiger partial charge on any atom is 0.354 e. The molecule has 0 fully saturated rings. The third-order valence-electron chi connectivity index (χ3n) is 1.98. The Hall–Kier alpha value is -1.47. The lowest BCUT2D eigenvalue weighted by Gasteiger charge is -2.04. The van der Waals surface area contributed by atoms with Crippen LogP contribution in [0.25, 0.3) is 0 Å². The van der Waals surface area contributed by atoms with Crippen LogP contribution in [0.15, 0.2) is 18.2 Å². The number of carbonyl (C=O) groups is 1. The molecule has 1 aromatic rings. The SMILES string of the molecule is CS(=O)(=O)CCNCc1cccc(C(=O)O)n1. The van der Waals surface area contributed by atoms with Crippen LogP contribution in [0.1, 0.15) is 16.2 Å². The van der Waals surface area contributed by atoms with Crippen molar-refractivity contribution in [2.24, 2.45) is 0 Å². The van der Waals surface area contributed by atoms with Gasteiger partial charge < -0.3 is 10.4 Å². The van der Waals surface area contributed by atoms with Crippen molar-refractivity contribution < 1.29 is 18.3 Å². The van der Waals surface area contributed by atoms with E-state index in [0.29, 0.717) is 18.8 Å². The highest BCUT2D eigenvalue weighted by molar-refractivity contribution is 7.90. The summed E-state index contributed by atoms with van der Waals surface area (Å²) in [6.07, 6.45) is 1.16. The summed E-state index contributed by atoms with van der Waals surface area (Å²) in [6.45, 7) is 0.661. The minimum Gasteiger partial charge on any atom is -0.477 e. The minimum absolute atomic E-state index is 0.0209. The first-order valence-corrected chi connectivity index (χ1v) is 7.02. The standard InChI is InChI=1S/C10H14N2O4S/c1-17(15,16)6-5-11-7-8-3-2-4-9(12-8)10(13)14/h2-4,11H,5-7H2,1H3,(H,13,14). The van der Waals surface area contributed by atoms with Crippen molar-refractivity contribution in [3.8, 4) is 0 Å². The van der Waals surface area contributed by atoms with E-state index in [1.54, 1.807) is 12.1 Å². The van der Waals surface area contributed by atoms with Gasteiger partial charge in [-0.25, -0.2) is 18.2 Å². The lowest BCUT2D eigenvalue weighted by atomic mass is 10.3. The third-order valence-corrected chi connectivity index (χ3v) is 2.93. The fraction of sp³-hybridized carbons (Fsp3) is 0.400. The lowest BCUT2D eigenvalue weighted by Crippen LogP contribution is -2.22. The van der Waals surface area contributed by atoms with E-state index in [4.69, 9.17) is 5.11 Å². The maximum absolute atomic E-state index is 10.9. The molecule has 6 nitrogen and oxygen atoms in total. The molecule has 94 valence electrons. The normalized spacial score (nSPS) is 11.4. The van der Waals surface area contributed by atoms with Crippen LogP contribution in [0, 0.1) is 0 Å². The Bertz CT molecular complexity index is 499. The van der Waals surface area contributed by atoms with Crippen LogP contribution < -0.4 is 5.32 Å². The van der Waals surface area contributed by atoms with Gasteiger partial charge in [0.05, 0.1) is 11.4 Å². The molecular weight excluding hydrogens is 244 g/mol. The number of aromatic nitrogens is 1. The van der Waals surface area contributed by atoms with Gasteiger partial charge in [-0.3, -0.25) is 0 Å². The number of nitrogens with zero attached hydrogens (tertiary/aromatic N) is 1. The monoisotopic (exact) mass is 258 g/mol. The van der Waals surface area contributed by atoms with Crippen molar-refractivity contribution >= 4 is 15.8 Å². The summed E-state index contributed by atoms with van der Waals surface area (Å²) in [5, 5.41) is 11.6. The highest BCUT2D eigenvalue weighted by Gasteiger charge is 2.05. The number of carboxylic acids is 1. The molecule has 1 rings (SSSR count). The highest BCUT2D eigenvalue weighted by atomic mass is 32.2. The third kappa shape index (κ3) is 5.41. The van der Waals surface area contributed by atoms with Crippen molar-refractivity contribution in [3.63, 3.8) is 0 Å². The molecule has 7 heteroatoms. The Morgan fingerprint density at radius 1 is 1.47 bits per heavy atom. The summed E-state index contributed by atoms with van der Waals surface area (Å²) in [4.78, 5) is 14.5. The van der Waals surface area contributed by atoms with Gasteiger partial charge in [0.25, 0.3) is 0 Å². The quantitative estimate of drug-likeness (QED) is 0.692. The second-order valence-corrected chi connectivity index (χ2v) is 5.89. The van der Waals surface area contributed by atoms with E-state index < -0.39 is 15.8 Å².